The van der Waals surface area contributed by atoms with Crippen molar-refractivity contribution in [2.45, 2.75) is 6.04 Å². The summed E-state index contributed by atoms with van der Waals surface area (Å²) in [4.78, 5) is 0. The van der Waals surface area contributed by atoms with Gasteiger partial charge < -0.3 is 5.73 Å². The lowest BCUT2D eigenvalue weighted by Gasteiger charge is -2.15. The van der Waals surface area contributed by atoms with E-state index in [-0.39, 0.29) is 16.1 Å². The Morgan fingerprint density at radius 3 is 2.16 bits per heavy atom. The van der Waals surface area contributed by atoms with Gasteiger partial charge in [-0.1, -0.05) is 29.8 Å². The van der Waals surface area contributed by atoms with Crippen LogP contribution in [0.4, 0.5) is 17.6 Å². The Morgan fingerprint density at radius 2 is 1.47 bits per heavy atom. The van der Waals surface area contributed by atoms with Crippen molar-refractivity contribution in [1.82, 2.24) is 0 Å². The lowest BCUT2D eigenvalue weighted by atomic mass is 9.98. The molecule has 0 radical (unpaired) electrons. The van der Waals surface area contributed by atoms with Crippen molar-refractivity contribution in [1.29, 1.82) is 0 Å². The minimum Gasteiger partial charge on any atom is -0.320 e. The van der Waals surface area contributed by atoms with E-state index in [1.54, 1.807) is 0 Å². The summed E-state index contributed by atoms with van der Waals surface area (Å²) in [6.07, 6.45) is 0. The Hall–Kier alpha value is -1.59. The highest BCUT2D eigenvalue weighted by Gasteiger charge is 2.22. The summed E-state index contributed by atoms with van der Waals surface area (Å²) in [6.45, 7) is 0. The van der Waals surface area contributed by atoms with Crippen molar-refractivity contribution in [3.63, 3.8) is 0 Å². The van der Waals surface area contributed by atoms with E-state index in [4.69, 9.17) is 17.3 Å². The Labute approximate surface area is 111 Å². The molecule has 0 spiro atoms. The second-order valence-corrected chi connectivity index (χ2v) is 4.29. The van der Waals surface area contributed by atoms with Crippen molar-refractivity contribution in [2.75, 3.05) is 0 Å². The first-order valence-corrected chi connectivity index (χ1v) is 5.64. The Morgan fingerprint density at radius 1 is 0.842 bits per heavy atom. The average molecular weight is 290 g/mol. The van der Waals surface area contributed by atoms with Crippen LogP contribution < -0.4 is 5.73 Å². The summed E-state index contributed by atoms with van der Waals surface area (Å²) in [5.74, 6) is -5.23. The van der Waals surface area contributed by atoms with Gasteiger partial charge in [0.1, 0.15) is 5.82 Å². The van der Waals surface area contributed by atoms with Crippen molar-refractivity contribution in [3.05, 3.63) is 69.8 Å². The third-order valence-corrected chi connectivity index (χ3v) is 3.01. The molecular weight excluding hydrogens is 282 g/mol. The van der Waals surface area contributed by atoms with Crippen molar-refractivity contribution in [2.24, 2.45) is 5.73 Å². The van der Waals surface area contributed by atoms with E-state index in [9.17, 15) is 17.6 Å². The average Bonchev–Trinajstić information content (AvgIpc) is 2.39. The van der Waals surface area contributed by atoms with Gasteiger partial charge in [0.25, 0.3) is 0 Å². The SMILES string of the molecule is NC(c1cccc(Cl)c1F)c1ccc(F)c(F)c1F. The maximum absolute atomic E-state index is 13.7. The third kappa shape index (κ3) is 2.43. The standard InChI is InChI=1S/C13H8ClF4N/c14-8-3-1-2-6(10(8)16)13(19)7-4-5-9(15)12(18)11(7)17/h1-5,13H,19H2. The Balaban J connectivity index is 2.53. The maximum Gasteiger partial charge on any atom is 0.194 e. The van der Waals surface area contributed by atoms with Gasteiger partial charge in [-0.25, -0.2) is 17.6 Å². The second-order valence-electron chi connectivity index (χ2n) is 3.89. The fourth-order valence-corrected chi connectivity index (χ4v) is 1.89. The van der Waals surface area contributed by atoms with Crippen LogP contribution in [0.25, 0.3) is 0 Å². The highest BCUT2D eigenvalue weighted by molar-refractivity contribution is 6.30. The van der Waals surface area contributed by atoms with Crippen LogP contribution in [0.2, 0.25) is 5.02 Å². The molecule has 0 aromatic heterocycles. The molecule has 2 aromatic carbocycles. The van der Waals surface area contributed by atoms with Gasteiger partial charge in [0.15, 0.2) is 17.5 Å². The minimum atomic E-state index is -1.64. The summed E-state index contributed by atoms with van der Waals surface area (Å²) in [6, 6.07) is 4.45. The van der Waals surface area contributed by atoms with Crippen LogP contribution >= 0.6 is 11.6 Å². The molecule has 0 fully saturated rings. The van der Waals surface area contributed by atoms with Gasteiger partial charge in [0.2, 0.25) is 0 Å². The van der Waals surface area contributed by atoms with Crippen LogP contribution in [0.5, 0.6) is 0 Å². The first-order valence-electron chi connectivity index (χ1n) is 5.26. The summed E-state index contributed by atoms with van der Waals surface area (Å²) in [5, 5.41) is -0.184. The maximum atomic E-state index is 13.7. The normalized spacial score (nSPS) is 12.5. The quantitative estimate of drug-likeness (QED) is 0.657. The van der Waals surface area contributed by atoms with E-state index < -0.39 is 29.3 Å². The van der Waals surface area contributed by atoms with Gasteiger partial charge in [0, 0.05) is 11.1 Å². The largest absolute Gasteiger partial charge is 0.320 e. The molecule has 0 aliphatic rings. The number of hydrogen-bond donors (Lipinski definition) is 1. The molecule has 1 atom stereocenters. The molecular formula is C13H8ClF4N. The number of benzene rings is 2. The summed E-state index contributed by atoms with van der Waals surface area (Å²) < 4.78 is 53.3. The van der Waals surface area contributed by atoms with E-state index in [0.29, 0.717) is 0 Å². The molecule has 100 valence electrons. The lowest BCUT2D eigenvalue weighted by molar-refractivity contribution is 0.437. The Kier molecular flexibility index (Phi) is 3.78. The van der Waals surface area contributed by atoms with Crippen molar-refractivity contribution < 1.29 is 17.6 Å². The zero-order valence-corrected chi connectivity index (χ0v) is 10.2. The molecule has 0 aliphatic heterocycles. The molecule has 2 aromatic rings. The van der Waals surface area contributed by atoms with Gasteiger partial charge in [0.05, 0.1) is 11.1 Å². The predicted octanol–water partition coefficient (Wildman–Crippen LogP) is 3.94. The fourth-order valence-electron chi connectivity index (χ4n) is 1.71. The van der Waals surface area contributed by atoms with Gasteiger partial charge in [-0.2, -0.15) is 0 Å². The number of hydrogen-bond acceptors (Lipinski definition) is 1. The lowest BCUT2D eigenvalue weighted by Crippen LogP contribution is -2.16. The van der Waals surface area contributed by atoms with Gasteiger partial charge in [-0.05, 0) is 12.1 Å². The van der Waals surface area contributed by atoms with Gasteiger partial charge in [-0.15, -0.1) is 0 Å². The summed E-state index contributed by atoms with van der Waals surface area (Å²) in [7, 11) is 0. The molecule has 0 bridgehead atoms. The third-order valence-electron chi connectivity index (χ3n) is 2.72. The van der Waals surface area contributed by atoms with Crippen molar-refractivity contribution >= 4 is 11.6 Å². The summed E-state index contributed by atoms with van der Waals surface area (Å²) in [5.41, 5.74) is 5.23. The smallest absolute Gasteiger partial charge is 0.194 e. The summed E-state index contributed by atoms with van der Waals surface area (Å²) >= 11 is 5.58. The molecule has 0 saturated carbocycles. The van der Waals surface area contributed by atoms with Crippen LogP contribution in [0.15, 0.2) is 30.3 Å². The van der Waals surface area contributed by atoms with E-state index in [1.807, 2.05) is 0 Å². The molecule has 1 unspecified atom stereocenters. The zero-order chi connectivity index (χ0) is 14.2. The minimum absolute atomic E-state index is 0.0996. The molecule has 1 nitrogen and oxygen atoms in total. The first-order chi connectivity index (χ1) is 8.93. The molecule has 2 rings (SSSR count). The number of nitrogens with two attached hydrogens (primary N) is 1. The second kappa shape index (κ2) is 5.19. The fraction of sp³-hybridized carbons (Fsp3) is 0.0769. The van der Waals surface area contributed by atoms with Crippen molar-refractivity contribution in [3.8, 4) is 0 Å². The molecule has 6 heteroatoms. The number of halogens is 5. The first kappa shape index (κ1) is 13.8. The predicted molar refractivity (Wildman–Crippen MR) is 63.8 cm³/mol. The van der Waals surface area contributed by atoms with E-state index in [1.165, 1.54) is 18.2 Å². The van der Waals surface area contributed by atoms with Crippen LogP contribution in [-0.4, -0.2) is 0 Å². The van der Waals surface area contributed by atoms with Gasteiger partial charge in [-0.3, -0.25) is 0 Å². The number of rotatable bonds is 2. The van der Waals surface area contributed by atoms with Gasteiger partial charge >= 0.3 is 0 Å². The van der Waals surface area contributed by atoms with E-state index in [2.05, 4.69) is 0 Å². The monoisotopic (exact) mass is 289 g/mol. The highest BCUT2D eigenvalue weighted by Crippen LogP contribution is 2.29. The topological polar surface area (TPSA) is 26.0 Å². The highest BCUT2D eigenvalue weighted by atomic mass is 35.5. The molecule has 19 heavy (non-hydrogen) atoms. The van der Waals surface area contributed by atoms with Crippen LogP contribution in [0.3, 0.4) is 0 Å². The Bertz CT molecular complexity index is 630. The molecule has 0 amide bonds. The zero-order valence-electron chi connectivity index (χ0n) is 9.43. The van der Waals surface area contributed by atoms with Crippen LogP contribution in [-0.2, 0) is 0 Å². The van der Waals surface area contributed by atoms with Crippen LogP contribution in [0.1, 0.15) is 17.2 Å². The molecule has 0 aliphatic carbocycles. The van der Waals surface area contributed by atoms with Crippen LogP contribution in [0, 0.1) is 23.3 Å². The van der Waals surface area contributed by atoms with E-state index in [0.717, 1.165) is 12.1 Å². The van der Waals surface area contributed by atoms with E-state index >= 15 is 0 Å². The molecule has 0 heterocycles. The molecule has 0 saturated heterocycles. The molecule has 2 N–H and O–H groups in total.